The fourth-order valence-electron chi connectivity index (χ4n) is 2.48. The molecule has 3 nitrogen and oxygen atoms in total. The Morgan fingerprint density at radius 3 is 2.53 bits per heavy atom. The Morgan fingerprint density at radius 1 is 1.21 bits per heavy atom. The topological polar surface area (TPSA) is 37.8 Å². The van der Waals surface area contributed by atoms with Crippen molar-refractivity contribution in [2.45, 2.75) is 58.3 Å². The number of hydrogen-bond acceptors (Lipinski definition) is 3. The summed E-state index contributed by atoms with van der Waals surface area (Å²) in [6.07, 6.45) is 6.79. The lowest BCUT2D eigenvalue weighted by atomic mass is 9.89. The molecule has 1 aliphatic carbocycles. The third-order valence-electron chi connectivity index (χ3n) is 3.66. The summed E-state index contributed by atoms with van der Waals surface area (Å²) in [6.45, 7) is 7.30. The van der Waals surface area contributed by atoms with E-state index in [2.05, 4.69) is 36.1 Å². The maximum atomic E-state index is 6.09. The molecule has 1 saturated carbocycles. The third-order valence-corrected chi connectivity index (χ3v) is 3.86. The van der Waals surface area contributed by atoms with Crippen molar-refractivity contribution in [2.24, 2.45) is 5.92 Å². The number of rotatable bonds is 3. The van der Waals surface area contributed by atoms with Crippen molar-refractivity contribution in [3.63, 3.8) is 0 Å². The molecule has 0 bridgehead atoms. The molecular formula is C15H24ClN3. The second-order valence-corrected chi connectivity index (χ2v) is 6.92. The molecule has 4 heteroatoms. The van der Waals surface area contributed by atoms with Crippen LogP contribution in [-0.4, -0.2) is 16.5 Å². The van der Waals surface area contributed by atoms with E-state index in [4.69, 9.17) is 11.6 Å². The van der Waals surface area contributed by atoms with Gasteiger partial charge in [0.2, 0.25) is 0 Å². The highest BCUT2D eigenvalue weighted by molar-refractivity contribution is 6.29. The van der Waals surface area contributed by atoms with Gasteiger partial charge in [0, 0.05) is 18.0 Å². The first-order valence-corrected chi connectivity index (χ1v) is 7.62. The molecule has 1 heterocycles. The average molecular weight is 282 g/mol. The first-order valence-electron chi connectivity index (χ1n) is 7.24. The van der Waals surface area contributed by atoms with Crippen molar-refractivity contribution in [1.29, 1.82) is 0 Å². The minimum atomic E-state index is -0.0772. The van der Waals surface area contributed by atoms with E-state index in [9.17, 15) is 0 Å². The van der Waals surface area contributed by atoms with Crippen LogP contribution in [0.4, 0.5) is 5.82 Å². The van der Waals surface area contributed by atoms with Gasteiger partial charge in [-0.2, -0.15) is 0 Å². The van der Waals surface area contributed by atoms with E-state index in [0.29, 0.717) is 5.15 Å². The average Bonchev–Trinajstić information content (AvgIpc) is 2.36. The molecule has 0 radical (unpaired) electrons. The summed E-state index contributed by atoms with van der Waals surface area (Å²) in [5.74, 6) is 2.43. The van der Waals surface area contributed by atoms with Crippen LogP contribution in [0.3, 0.4) is 0 Å². The molecule has 1 aromatic rings. The van der Waals surface area contributed by atoms with Gasteiger partial charge in [-0.1, -0.05) is 51.6 Å². The van der Waals surface area contributed by atoms with Gasteiger partial charge >= 0.3 is 0 Å². The monoisotopic (exact) mass is 281 g/mol. The molecule has 106 valence electrons. The van der Waals surface area contributed by atoms with Gasteiger partial charge in [-0.3, -0.25) is 0 Å². The summed E-state index contributed by atoms with van der Waals surface area (Å²) in [5.41, 5.74) is -0.0772. The largest absolute Gasteiger partial charge is 0.370 e. The molecule has 0 aliphatic heterocycles. The predicted octanol–water partition coefficient (Wildman–Crippen LogP) is 4.42. The second-order valence-electron chi connectivity index (χ2n) is 6.53. The van der Waals surface area contributed by atoms with E-state index in [1.165, 1.54) is 32.1 Å². The fraction of sp³-hybridized carbons (Fsp3) is 0.733. The normalized spacial score (nSPS) is 17.5. The van der Waals surface area contributed by atoms with Crippen molar-refractivity contribution in [3.05, 3.63) is 17.0 Å². The molecule has 0 unspecified atom stereocenters. The molecule has 0 amide bonds. The molecule has 2 rings (SSSR count). The van der Waals surface area contributed by atoms with Crippen molar-refractivity contribution in [2.75, 3.05) is 11.9 Å². The van der Waals surface area contributed by atoms with Gasteiger partial charge in [0.1, 0.15) is 16.8 Å². The Balaban J connectivity index is 2.01. The van der Waals surface area contributed by atoms with Crippen molar-refractivity contribution in [3.8, 4) is 0 Å². The van der Waals surface area contributed by atoms with E-state index in [1.54, 1.807) is 0 Å². The predicted molar refractivity (Wildman–Crippen MR) is 80.8 cm³/mol. The zero-order valence-corrected chi connectivity index (χ0v) is 12.9. The summed E-state index contributed by atoms with van der Waals surface area (Å²) in [7, 11) is 0. The maximum absolute atomic E-state index is 6.09. The van der Waals surface area contributed by atoms with Crippen LogP contribution >= 0.6 is 11.6 Å². The summed E-state index contributed by atoms with van der Waals surface area (Å²) >= 11 is 6.09. The molecule has 1 aliphatic rings. The number of anilines is 1. The van der Waals surface area contributed by atoms with E-state index in [1.807, 2.05) is 6.07 Å². The Morgan fingerprint density at radius 2 is 1.89 bits per heavy atom. The number of nitrogens with zero attached hydrogens (tertiary/aromatic N) is 2. The summed E-state index contributed by atoms with van der Waals surface area (Å²) in [5, 5.41) is 3.95. The van der Waals surface area contributed by atoms with Gasteiger partial charge in [0.05, 0.1) is 0 Å². The van der Waals surface area contributed by atoms with Gasteiger partial charge in [0.15, 0.2) is 0 Å². The lowest BCUT2D eigenvalue weighted by Crippen LogP contribution is -2.20. The van der Waals surface area contributed by atoms with Crippen LogP contribution in [0.15, 0.2) is 6.07 Å². The van der Waals surface area contributed by atoms with Crippen LogP contribution in [0.25, 0.3) is 0 Å². The Labute approximate surface area is 121 Å². The summed E-state index contributed by atoms with van der Waals surface area (Å²) in [4.78, 5) is 8.90. The van der Waals surface area contributed by atoms with Gasteiger partial charge in [-0.25, -0.2) is 9.97 Å². The highest BCUT2D eigenvalue weighted by Crippen LogP contribution is 2.25. The minimum Gasteiger partial charge on any atom is -0.370 e. The zero-order chi connectivity index (χ0) is 13.9. The van der Waals surface area contributed by atoms with Crippen molar-refractivity contribution >= 4 is 17.4 Å². The zero-order valence-electron chi connectivity index (χ0n) is 12.2. The minimum absolute atomic E-state index is 0.0772. The van der Waals surface area contributed by atoms with Crippen molar-refractivity contribution in [1.82, 2.24) is 9.97 Å². The number of hydrogen-bond donors (Lipinski definition) is 1. The SMILES string of the molecule is CC(C)(C)c1nc(Cl)cc(NCC2CCCCC2)n1. The highest BCUT2D eigenvalue weighted by Gasteiger charge is 2.19. The standard InChI is InChI=1S/C15H24ClN3/c1-15(2,3)14-18-12(16)9-13(19-14)17-10-11-7-5-4-6-8-11/h9,11H,4-8,10H2,1-3H3,(H,17,18,19). The van der Waals surface area contributed by atoms with Crippen LogP contribution < -0.4 is 5.32 Å². The van der Waals surface area contributed by atoms with E-state index in [-0.39, 0.29) is 5.41 Å². The lowest BCUT2D eigenvalue weighted by molar-refractivity contribution is 0.373. The van der Waals surface area contributed by atoms with E-state index < -0.39 is 0 Å². The Bertz CT molecular complexity index is 420. The Kier molecular flexibility index (Phi) is 4.67. The molecule has 1 N–H and O–H groups in total. The number of aromatic nitrogens is 2. The van der Waals surface area contributed by atoms with Gasteiger partial charge < -0.3 is 5.32 Å². The highest BCUT2D eigenvalue weighted by atomic mass is 35.5. The first kappa shape index (κ1) is 14.6. The third kappa shape index (κ3) is 4.34. The molecule has 0 saturated heterocycles. The fourth-order valence-corrected chi connectivity index (χ4v) is 2.67. The molecule has 19 heavy (non-hydrogen) atoms. The Hall–Kier alpha value is -0.830. The van der Waals surface area contributed by atoms with Crippen LogP contribution in [-0.2, 0) is 5.41 Å². The number of nitrogens with one attached hydrogen (secondary N) is 1. The van der Waals surface area contributed by atoms with Crippen LogP contribution in [0.1, 0.15) is 58.7 Å². The molecule has 0 spiro atoms. The van der Waals surface area contributed by atoms with E-state index >= 15 is 0 Å². The van der Waals surface area contributed by atoms with Gasteiger partial charge in [-0.05, 0) is 18.8 Å². The van der Waals surface area contributed by atoms with Gasteiger partial charge in [-0.15, -0.1) is 0 Å². The molecule has 1 aromatic heterocycles. The van der Waals surface area contributed by atoms with Crippen LogP contribution in [0.5, 0.6) is 0 Å². The smallest absolute Gasteiger partial charge is 0.137 e. The second kappa shape index (κ2) is 6.08. The summed E-state index contributed by atoms with van der Waals surface area (Å²) < 4.78 is 0. The van der Waals surface area contributed by atoms with Crippen molar-refractivity contribution < 1.29 is 0 Å². The van der Waals surface area contributed by atoms with Crippen LogP contribution in [0.2, 0.25) is 5.15 Å². The first-order chi connectivity index (χ1) is 8.95. The maximum Gasteiger partial charge on any atom is 0.137 e. The number of halogens is 1. The van der Waals surface area contributed by atoms with Gasteiger partial charge in [0.25, 0.3) is 0 Å². The quantitative estimate of drug-likeness (QED) is 0.834. The van der Waals surface area contributed by atoms with E-state index in [0.717, 1.165) is 24.1 Å². The molecule has 0 aromatic carbocycles. The molecular weight excluding hydrogens is 258 g/mol. The molecule has 0 atom stereocenters. The summed E-state index contributed by atoms with van der Waals surface area (Å²) in [6, 6.07) is 1.82. The van der Waals surface area contributed by atoms with Crippen LogP contribution in [0, 0.1) is 5.92 Å². The molecule has 1 fully saturated rings. The lowest BCUT2D eigenvalue weighted by Gasteiger charge is -2.23.